The summed E-state index contributed by atoms with van der Waals surface area (Å²) in [5.41, 5.74) is 1.18. The number of aromatic nitrogens is 1. The third-order valence-corrected chi connectivity index (χ3v) is 3.20. The summed E-state index contributed by atoms with van der Waals surface area (Å²) in [7, 11) is 2.02. The zero-order valence-corrected chi connectivity index (χ0v) is 12.6. The monoisotopic (exact) mass is 265 g/mol. The highest BCUT2D eigenvalue weighted by Crippen LogP contribution is 2.07. The SMILES string of the molecule is CCCCN(Cc1cccn1C)C(=O)CNC(C)C. The van der Waals surface area contributed by atoms with E-state index in [0.29, 0.717) is 19.1 Å². The summed E-state index contributed by atoms with van der Waals surface area (Å²) >= 11 is 0. The van der Waals surface area contributed by atoms with Crippen molar-refractivity contribution in [2.45, 2.75) is 46.2 Å². The number of rotatable bonds is 8. The van der Waals surface area contributed by atoms with Crippen molar-refractivity contribution >= 4 is 5.91 Å². The summed E-state index contributed by atoms with van der Waals surface area (Å²) in [5.74, 6) is 0.184. The van der Waals surface area contributed by atoms with E-state index in [4.69, 9.17) is 0 Å². The van der Waals surface area contributed by atoms with Crippen molar-refractivity contribution in [3.8, 4) is 0 Å². The Bertz CT molecular complexity index is 384. The lowest BCUT2D eigenvalue weighted by Gasteiger charge is -2.23. The van der Waals surface area contributed by atoms with Crippen LogP contribution in [-0.4, -0.2) is 34.5 Å². The van der Waals surface area contributed by atoms with E-state index in [-0.39, 0.29) is 5.91 Å². The highest BCUT2D eigenvalue weighted by molar-refractivity contribution is 5.78. The number of aryl methyl sites for hydroxylation is 1. The van der Waals surface area contributed by atoms with Crippen molar-refractivity contribution in [2.75, 3.05) is 13.1 Å². The average Bonchev–Trinajstić information content (AvgIpc) is 2.77. The van der Waals surface area contributed by atoms with Crippen molar-refractivity contribution in [1.29, 1.82) is 0 Å². The number of hydrogen-bond acceptors (Lipinski definition) is 2. The molecule has 1 rings (SSSR count). The molecule has 1 aromatic rings. The molecule has 19 heavy (non-hydrogen) atoms. The molecule has 1 aromatic heterocycles. The molecular weight excluding hydrogens is 238 g/mol. The van der Waals surface area contributed by atoms with Crippen molar-refractivity contribution in [2.24, 2.45) is 7.05 Å². The molecule has 0 bridgehead atoms. The molecule has 0 unspecified atom stereocenters. The maximum absolute atomic E-state index is 12.2. The summed E-state index contributed by atoms with van der Waals surface area (Å²) in [4.78, 5) is 14.2. The molecule has 108 valence electrons. The Morgan fingerprint density at radius 3 is 2.74 bits per heavy atom. The lowest BCUT2D eigenvalue weighted by molar-refractivity contribution is -0.131. The van der Waals surface area contributed by atoms with Gasteiger partial charge in [-0.25, -0.2) is 0 Å². The summed E-state index contributed by atoms with van der Waals surface area (Å²) in [6.07, 6.45) is 4.18. The van der Waals surface area contributed by atoms with Crippen LogP contribution in [0.4, 0.5) is 0 Å². The first kappa shape index (κ1) is 15.8. The first-order valence-corrected chi connectivity index (χ1v) is 7.16. The van der Waals surface area contributed by atoms with E-state index in [2.05, 4.69) is 36.7 Å². The van der Waals surface area contributed by atoms with E-state index in [1.165, 1.54) is 5.69 Å². The number of nitrogens with one attached hydrogen (secondary N) is 1. The number of hydrogen-bond donors (Lipinski definition) is 1. The molecule has 0 aliphatic heterocycles. The smallest absolute Gasteiger partial charge is 0.236 e. The molecule has 0 saturated heterocycles. The molecule has 1 heterocycles. The second-order valence-corrected chi connectivity index (χ2v) is 5.31. The summed E-state index contributed by atoms with van der Waals surface area (Å²) in [6, 6.07) is 4.43. The van der Waals surface area contributed by atoms with E-state index in [9.17, 15) is 4.79 Å². The fourth-order valence-corrected chi connectivity index (χ4v) is 1.90. The Morgan fingerprint density at radius 2 is 2.21 bits per heavy atom. The van der Waals surface area contributed by atoms with Gasteiger partial charge in [0, 0.05) is 31.5 Å². The fourth-order valence-electron chi connectivity index (χ4n) is 1.90. The van der Waals surface area contributed by atoms with Crippen LogP contribution >= 0.6 is 0 Å². The number of carbonyl (C=O) groups excluding carboxylic acids is 1. The van der Waals surface area contributed by atoms with Crippen LogP contribution in [0.3, 0.4) is 0 Å². The third-order valence-electron chi connectivity index (χ3n) is 3.20. The van der Waals surface area contributed by atoms with Crippen LogP contribution in [0.5, 0.6) is 0 Å². The largest absolute Gasteiger partial charge is 0.353 e. The molecule has 1 amide bonds. The molecule has 0 aliphatic rings. The van der Waals surface area contributed by atoms with Gasteiger partial charge >= 0.3 is 0 Å². The molecule has 0 aliphatic carbocycles. The number of unbranched alkanes of at least 4 members (excludes halogenated alkanes) is 1. The predicted octanol–water partition coefficient (Wildman–Crippen LogP) is 2.15. The van der Waals surface area contributed by atoms with Crippen LogP contribution in [0.25, 0.3) is 0 Å². The lowest BCUT2D eigenvalue weighted by atomic mass is 10.2. The van der Waals surface area contributed by atoms with Gasteiger partial charge in [0.05, 0.1) is 13.1 Å². The quantitative estimate of drug-likeness (QED) is 0.782. The summed E-state index contributed by atoms with van der Waals surface area (Å²) < 4.78 is 2.07. The minimum absolute atomic E-state index is 0.184. The predicted molar refractivity (Wildman–Crippen MR) is 78.9 cm³/mol. The minimum Gasteiger partial charge on any atom is -0.353 e. The van der Waals surface area contributed by atoms with Crippen LogP contribution in [0.1, 0.15) is 39.3 Å². The van der Waals surface area contributed by atoms with Crippen LogP contribution in [0, 0.1) is 0 Å². The van der Waals surface area contributed by atoms with Gasteiger partial charge in [-0.2, -0.15) is 0 Å². The summed E-state index contributed by atoms with van der Waals surface area (Å²) in [5, 5.41) is 3.20. The minimum atomic E-state index is 0.184. The first-order chi connectivity index (χ1) is 9.04. The molecule has 0 spiro atoms. The normalized spacial score (nSPS) is 11.0. The van der Waals surface area contributed by atoms with Gasteiger partial charge in [-0.3, -0.25) is 4.79 Å². The van der Waals surface area contributed by atoms with E-state index in [0.717, 1.165) is 19.4 Å². The standard InChI is InChI=1S/C15H27N3O/c1-5-6-10-18(15(19)11-16-13(2)3)12-14-8-7-9-17(14)4/h7-9,13,16H,5-6,10-12H2,1-4H3. The highest BCUT2D eigenvalue weighted by atomic mass is 16.2. The fraction of sp³-hybridized carbons (Fsp3) is 0.667. The van der Waals surface area contributed by atoms with Gasteiger partial charge in [0.25, 0.3) is 0 Å². The number of amides is 1. The zero-order chi connectivity index (χ0) is 14.3. The Labute approximate surface area is 116 Å². The molecular formula is C15H27N3O. The van der Waals surface area contributed by atoms with E-state index >= 15 is 0 Å². The zero-order valence-electron chi connectivity index (χ0n) is 12.6. The molecule has 4 nitrogen and oxygen atoms in total. The van der Waals surface area contributed by atoms with Gasteiger partial charge in [0.2, 0.25) is 5.91 Å². The molecule has 0 fully saturated rings. The molecule has 0 atom stereocenters. The topological polar surface area (TPSA) is 37.3 Å². The third kappa shape index (κ3) is 5.47. The van der Waals surface area contributed by atoms with Gasteiger partial charge in [0.15, 0.2) is 0 Å². The van der Waals surface area contributed by atoms with Gasteiger partial charge in [0.1, 0.15) is 0 Å². The Balaban J connectivity index is 2.60. The van der Waals surface area contributed by atoms with E-state index < -0.39 is 0 Å². The molecule has 0 radical (unpaired) electrons. The number of nitrogens with zero attached hydrogens (tertiary/aromatic N) is 2. The van der Waals surface area contributed by atoms with Crippen molar-refractivity contribution < 1.29 is 4.79 Å². The van der Waals surface area contributed by atoms with Crippen molar-refractivity contribution in [1.82, 2.24) is 14.8 Å². The Kier molecular flexibility index (Phi) is 6.64. The van der Waals surface area contributed by atoms with Crippen LogP contribution < -0.4 is 5.32 Å². The van der Waals surface area contributed by atoms with Gasteiger partial charge < -0.3 is 14.8 Å². The Hall–Kier alpha value is -1.29. The van der Waals surface area contributed by atoms with Gasteiger partial charge in [-0.05, 0) is 18.6 Å². The average molecular weight is 265 g/mol. The van der Waals surface area contributed by atoms with E-state index in [1.54, 1.807) is 0 Å². The highest BCUT2D eigenvalue weighted by Gasteiger charge is 2.14. The Morgan fingerprint density at radius 1 is 1.47 bits per heavy atom. The second kappa shape index (κ2) is 8.00. The van der Waals surface area contributed by atoms with Crippen molar-refractivity contribution in [3.63, 3.8) is 0 Å². The number of carbonyl (C=O) groups is 1. The van der Waals surface area contributed by atoms with Gasteiger partial charge in [-0.15, -0.1) is 0 Å². The molecule has 1 N–H and O–H groups in total. The molecule has 0 saturated carbocycles. The summed E-state index contributed by atoms with van der Waals surface area (Å²) in [6.45, 7) is 8.22. The van der Waals surface area contributed by atoms with E-state index in [1.807, 2.05) is 24.2 Å². The van der Waals surface area contributed by atoms with Gasteiger partial charge in [-0.1, -0.05) is 27.2 Å². The van der Waals surface area contributed by atoms with Crippen LogP contribution in [-0.2, 0) is 18.4 Å². The molecule has 0 aromatic carbocycles. The second-order valence-electron chi connectivity index (χ2n) is 5.31. The van der Waals surface area contributed by atoms with Crippen molar-refractivity contribution in [3.05, 3.63) is 24.0 Å². The maximum atomic E-state index is 12.2. The molecule has 4 heteroatoms. The lowest BCUT2D eigenvalue weighted by Crippen LogP contribution is -2.40. The van der Waals surface area contributed by atoms with Crippen LogP contribution in [0.2, 0.25) is 0 Å². The maximum Gasteiger partial charge on any atom is 0.236 e. The first-order valence-electron chi connectivity index (χ1n) is 7.16. The van der Waals surface area contributed by atoms with Crippen LogP contribution in [0.15, 0.2) is 18.3 Å².